The minimum Gasteiger partial charge on any atom is -0.356 e. The van der Waals surface area contributed by atoms with Gasteiger partial charge in [0.05, 0.1) is 0 Å². The SMILES string of the molecule is C=CCNC(=NC)NCC1(CC)CCCC1.I. The van der Waals surface area contributed by atoms with Crippen LogP contribution in [0.3, 0.4) is 0 Å². The van der Waals surface area contributed by atoms with Crippen LogP contribution in [0.5, 0.6) is 0 Å². The summed E-state index contributed by atoms with van der Waals surface area (Å²) < 4.78 is 0. The lowest BCUT2D eigenvalue weighted by Crippen LogP contribution is -2.42. The Kier molecular flexibility index (Phi) is 8.64. The van der Waals surface area contributed by atoms with Crippen molar-refractivity contribution in [3.05, 3.63) is 12.7 Å². The van der Waals surface area contributed by atoms with E-state index in [0.717, 1.165) is 19.0 Å². The second-order valence-electron chi connectivity index (χ2n) is 4.66. The van der Waals surface area contributed by atoms with E-state index < -0.39 is 0 Å². The highest BCUT2D eigenvalue weighted by atomic mass is 127. The molecule has 17 heavy (non-hydrogen) atoms. The van der Waals surface area contributed by atoms with E-state index in [1.807, 2.05) is 13.1 Å². The quantitative estimate of drug-likeness (QED) is 0.346. The van der Waals surface area contributed by atoms with Gasteiger partial charge in [0.1, 0.15) is 0 Å². The van der Waals surface area contributed by atoms with Gasteiger partial charge >= 0.3 is 0 Å². The molecule has 0 bridgehead atoms. The van der Waals surface area contributed by atoms with E-state index in [1.54, 1.807) is 0 Å². The van der Waals surface area contributed by atoms with Gasteiger partial charge in [0.2, 0.25) is 0 Å². The van der Waals surface area contributed by atoms with Gasteiger partial charge in [-0.05, 0) is 24.7 Å². The van der Waals surface area contributed by atoms with Crippen molar-refractivity contribution in [3.63, 3.8) is 0 Å². The van der Waals surface area contributed by atoms with Crippen LogP contribution < -0.4 is 10.6 Å². The monoisotopic (exact) mass is 351 g/mol. The van der Waals surface area contributed by atoms with Crippen LogP contribution >= 0.6 is 24.0 Å². The first-order valence-corrected chi connectivity index (χ1v) is 6.32. The van der Waals surface area contributed by atoms with Crippen LogP contribution in [0.4, 0.5) is 0 Å². The van der Waals surface area contributed by atoms with E-state index in [4.69, 9.17) is 0 Å². The zero-order valence-corrected chi connectivity index (χ0v) is 13.4. The lowest BCUT2D eigenvalue weighted by atomic mass is 9.83. The summed E-state index contributed by atoms with van der Waals surface area (Å²) in [5, 5.41) is 6.63. The lowest BCUT2D eigenvalue weighted by Gasteiger charge is -2.28. The summed E-state index contributed by atoms with van der Waals surface area (Å²) in [6.45, 7) is 7.79. The molecule has 1 fully saturated rings. The van der Waals surface area contributed by atoms with Gasteiger partial charge in [0, 0.05) is 20.1 Å². The van der Waals surface area contributed by atoms with E-state index in [1.165, 1.54) is 32.1 Å². The third-order valence-corrected chi connectivity index (χ3v) is 3.68. The highest BCUT2D eigenvalue weighted by Gasteiger charge is 2.31. The molecule has 0 atom stereocenters. The molecule has 0 aromatic carbocycles. The Bertz CT molecular complexity index is 245. The van der Waals surface area contributed by atoms with Crippen molar-refractivity contribution in [1.82, 2.24) is 10.6 Å². The lowest BCUT2D eigenvalue weighted by molar-refractivity contribution is 0.283. The summed E-state index contributed by atoms with van der Waals surface area (Å²) in [6.07, 6.45) is 8.59. The van der Waals surface area contributed by atoms with Crippen molar-refractivity contribution >= 4 is 29.9 Å². The topological polar surface area (TPSA) is 36.4 Å². The molecular weight excluding hydrogens is 325 g/mol. The van der Waals surface area contributed by atoms with Gasteiger partial charge in [-0.15, -0.1) is 30.6 Å². The zero-order valence-electron chi connectivity index (χ0n) is 11.1. The predicted molar refractivity (Wildman–Crippen MR) is 86.2 cm³/mol. The molecule has 0 aromatic heterocycles. The Balaban J connectivity index is 0.00000256. The molecule has 1 aliphatic carbocycles. The number of hydrogen-bond acceptors (Lipinski definition) is 1. The van der Waals surface area contributed by atoms with Crippen LogP contribution in [-0.4, -0.2) is 26.1 Å². The van der Waals surface area contributed by atoms with Crippen molar-refractivity contribution in [2.24, 2.45) is 10.4 Å². The van der Waals surface area contributed by atoms with Crippen molar-refractivity contribution in [2.75, 3.05) is 20.1 Å². The maximum absolute atomic E-state index is 4.20. The van der Waals surface area contributed by atoms with Crippen molar-refractivity contribution in [2.45, 2.75) is 39.0 Å². The van der Waals surface area contributed by atoms with Crippen molar-refractivity contribution in [3.8, 4) is 0 Å². The maximum atomic E-state index is 4.20. The third kappa shape index (κ3) is 5.27. The molecule has 1 rings (SSSR count). The van der Waals surface area contributed by atoms with Gasteiger partial charge in [-0.25, -0.2) is 0 Å². The first-order chi connectivity index (χ1) is 7.76. The smallest absolute Gasteiger partial charge is 0.191 e. The van der Waals surface area contributed by atoms with Crippen LogP contribution in [-0.2, 0) is 0 Å². The number of nitrogens with zero attached hydrogens (tertiary/aromatic N) is 1. The van der Waals surface area contributed by atoms with E-state index in [0.29, 0.717) is 5.41 Å². The third-order valence-electron chi connectivity index (χ3n) is 3.68. The molecule has 1 saturated carbocycles. The molecule has 0 saturated heterocycles. The van der Waals surface area contributed by atoms with E-state index in [2.05, 4.69) is 29.1 Å². The normalized spacial score (nSPS) is 18.4. The largest absolute Gasteiger partial charge is 0.356 e. The summed E-state index contributed by atoms with van der Waals surface area (Å²) >= 11 is 0. The van der Waals surface area contributed by atoms with E-state index in [9.17, 15) is 0 Å². The Morgan fingerprint density at radius 2 is 2.00 bits per heavy atom. The molecule has 0 unspecified atom stereocenters. The second kappa shape index (κ2) is 8.78. The molecule has 0 radical (unpaired) electrons. The number of guanidine groups is 1. The summed E-state index contributed by atoms with van der Waals surface area (Å²) in [7, 11) is 1.81. The Morgan fingerprint density at radius 3 is 2.47 bits per heavy atom. The summed E-state index contributed by atoms with van der Waals surface area (Å²) in [5.41, 5.74) is 0.506. The zero-order chi connectivity index (χ0) is 11.9. The molecule has 100 valence electrons. The Hall–Kier alpha value is -0.260. The number of rotatable bonds is 5. The summed E-state index contributed by atoms with van der Waals surface area (Å²) in [5.74, 6) is 0.889. The van der Waals surface area contributed by atoms with Gasteiger partial charge in [-0.3, -0.25) is 4.99 Å². The fourth-order valence-electron chi connectivity index (χ4n) is 2.44. The Morgan fingerprint density at radius 1 is 1.35 bits per heavy atom. The van der Waals surface area contributed by atoms with Crippen LogP contribution in [0.15, 0.2) is 17.6 Å². The Labute approximate surface area is 123 Å². The molecule has 1 aliphatic rings. The second-order valence-corrected chi connectivity index (χ2v) is 4.66. The van der Waals surface area contributed by atoms with Gasteiger partial charge < -0.3 is 10.6 Å². The minimum absolute atomic E-state index is 0. The van der Waals surface area contributed by atoms with Crippen molar-refractivity contribution in [1.29, 1.82) is 0 Å². The van der Waals surface area contributed by atoms with Crippen molar-refractivity contribution < 1.29 is 0 Å². The fraction of sp³-hybridized carbons (Fsp3) is 0.769. The molecule has 0 aromatic rings. The maximum Gasteiger partial charge on any atom is 0.191 e. The molecule has 0 heterocycles. The van der Waals surface area contributed by atoms with Crippen LogP contribution in [0, 0.1) is 5.41 Å². The molecule has 0 aliphatic heterocycles. The van der Waals surface area contributed by atoms with Crippen LogP contribution in [0.1, 0.15) is 39.0 Å². The van der Waals surface area contributed by atoms with E-state index >= 15 is 0 Å². The fourth-order valence-corrected chi connectivity index (χ4v) is 2.44. The van der Waals surface area contributed by atoms with Gasteiger partial charge in [-0.2, -0.15) is 0 Å². The molecule has 4 heteroatoms. The molecule has 2 N–H and O–H groups in total. The molecule has 0 spiro atoms. The average molecular weight is 351 g/mol. The summed E-state index contributed by atoms with van der Waals surface area (Å²) in [4.78, 5) is 4.20. The van der Waals surface area contributed by atoms with Gasteiger partial charge in [0.25, 0.3) is 0 Å². The molecule has 0 amide bonds. The van der Waals surface area contributed by atoms with Crippen LogP contribution in [0.2, 0.25) is 0 Å². The first kappa shape index (κ1) is 16.7. The average Bonchev–Trinajstić information content (AvgIpc) is 2.79. The number of halogens is 1. The minimum atomic E-state index is 0. The van der Waals surface area contributed by atoms with Crippen LogP contribution in [0.25, 0.3) is 0 Å². The van der Waals surface area contributed by atoms with Gasteiger partial charge in [-0.1, -0.05) is 25.8 Å². The summed E-state index contributed by atoms with van der Waals surface area (Å²) in [6, 6.07) is 0. The number of nitrogens with one attached hydrogen (secondary N) is 2. The highest BCUT2D eigenvalue weighted by molar-refractivity contribution is 14.0. The number of aliphatic imine (C=N–C) groups is 1. The first-order valence-electron chi connectivity index (χ1n) is 6.32. The predicted octanol–water partition coefficient (Wildman–Crippen LogP) is 2.93. The molecular formula is C13H26IN3. The van der Waals surface area contributed by atoms with E-state index in [-0.39, 0.29) is 24.0 Å². The molecule has 3 nitrogen and oxygen atoms in total. The van der Waals surface area contributed by atoms with Gasteiger partial charge in [0.15, 0.2) is 5.96 Å². The standard InChI is InChI=1S/C13H25N3.HI/c1-4-10-15-12(14-3)16-11-13(5-2)8-6-7-9-13;/h4H,1,5-11H2,2-3H3,(H2,14,15,16);1H. The number of hydrogen-bond donors (Lipinski definition) is 2. The highest BCUT2D eigenvalue weighted by Crippen LogP contribution is 2.40.